The lowest BCUT2D eigenvalue weighted by atomic mass is 10.1. The number of aromatic nitrogens is 3. The first-order valence-electron chi connectivity index (χ1n) is 10.1. The number of aryl methyl sites for hydroxylation is 1. The molecule has 0 radical (unpaired) electrons. The van der Waals surface area contributed by atoms with Crippen LogP contribution in [0.1, 0.15) is 44.6 Å². The van der Waals surface area contributed by atoms with Gasteiger partial charge in [-0.15, -0.1) is 5.10 Å². The molecule has 1 heterocycles. The summed E-state index contributed by atoms with van der Waals surface area (Å²) in [5.41, 5.74) is 4.12. The maximum Gasteiger partial charge on any atom is 0.338 e. The minimum Gasteiger partial charge on any atom is -0.462 e. The van der Waals surface area contributed by atoms with Gasteiger partial charge in [0, 0.05) is 11.4 Å². The molecule has 9 nitrogen and oxygen atoms in total. The Labute approximate surface area is 185 Å². The molecule has 32 heavy (non-hydrogen) atoms. The van der Waals surface area contributed by atoms with Gasteiger partial charge in [-0.3, -0.25) is 9.59 Å². The average Bonchev–Trinajstić information content (AvgIpc) is 3.12. The van der Waals surface area contributed by atoms with Gasteiger partial charge in [-0.2, -0.15) is 0 Å². The van der Waals surface area contributed by atoms with Crippen molar-refractivity contribution >= 4 is 29.2 Å². The normalized spacial score (nSPS) is 10.5. The third-order valence-electron chi connectivity index (χ3n) is 5.00. The topological polar surface area (TPSA) is 115 Å². The largest absolute Gasteiger partial charge is 0.462 e. The third kappa shape index (κ3) is 5.18. The molecular weight excluding hydrogens is 410 g/mol. The van der Waals surface area contributed by atoms with Crippen molar-refractivity contribution in [3.63, 3.8) is 0 Å². The molecule has 0 aliphatic rings. The number of carbonyl (C=O) groups is 3. The summed E-state index contributed by atoms with van der Waals surface area (Å²) in [6, 6.07) is 12.1. The first kappa shape index (κ1) is 22.7. The predicted molar refractivity (Wildman–Crippen MR) is 120 cm³/mol. The van der Waals surface area contributed by atoms with Crippen LogP contribution in [-0.4, -0.2) is 39.4 Å². The van der Waals surface area contributed by atoms with Crippen LogP contribution in [0.15, 0.2) is 42.5 Å². The van der Waals surface area contributed by atoms with Crippen LogP contribution >= 0.6 is 0 Å². The zero-order valence-corrected chi connectivity index (χ0v) is 18.4. The van der Waals surface area contributed by atoms with Gasteiger partial charge in [0.2, 0.25) is 5.91 Å². The lowest BCUT2D eigenvalue weighted by Gasteiger charge is -2.10. The minimum absolute atomic E-state index is 0.140. The Bertz CT molecular complexity index is 1170. The molecule has 9 heteroatoms. The summed E-state index contributed by atoms with van der Waals surface area (Å²) >= 11 is 0. The highest BCUT2D eigenvalue weighted by molar-refractivity contribution is 6.04. The van der Waals surface area contributed by atoms with E-state index in [9.17, 15) is 14.4 Å². The monoisotopic (exact) mass is 435 g/mol. The Morgan fingerprint density at radius 3 is 2.53 bits per heavy atom. The average molecular weight is 435 g/mol. The number of benzene rings is 2. The van der Waals surface area contributed by atoms with Crippen molar-refractivity contribution in [1.82, 2.24) is 15.0 Å². The van der Waals surface area contributed by atoms with E-state index in [2.05, 4.69) is 20.9 Å². The molecule has 2 N–H and O–H groups in total. The van der Waals surface area contributed by atoms with Crippen molar-refractivity contribution in [2.75, 3.05) is 17.2 Å². The maximum atomic E-state index is 12.7. The number of anilines is 2. The fourth-order valence-electron chi connectivity index (χ4n) is 3.06. The van der Waals surface area contributed by atoms with E-state index in [1.54, 1.807) is 32.0 Å². The summed E-state index contributed by atoms with van der Waals surface area (Å²) < 4.78 is 6.32. The highest BCUT2D eigenvalue weighted by atomic mass is 16.5. The Balaban J connectivity index is 1.67. The Morgan fingerprint density at radius 1 is 1.03 bits per heavy atom. The molecule has 0 saturated heterocycles. The Morgan fingerprint density at radius 2 is 1.78 bits per heavy atom. The molecule has 3 aromatic rings. The molecule has 0 aliphatic carbocycles. The predicted octanol–water partition coefficient (Wildman–Crippen LogP) is 3.27. The number of ether oxygens (including phenoxy) is 1. The van der Waals surface area contributed by atoms with Crippen LogP contribution in [-0.2, 0) is 16.1 Å². The van der Waals surface area contributed by atoms with Gasteiger partial charge in [-0.05, 0) is 63.1 Å². The van der Waals surface area contributed by atoms with E-state index < -0.39 is 11.9 Å². The number of esters is 1. The van der Waals surface area contributed by atoms with E-state index in [4.69, 9.17) is 4.74 Å². The molecule has 0 fully saturated rings. The van der Waals surface area contributed by atoms with Crippen molar-refractivity contribution in [3.05, 3.63) is 70.5 Å². The number of hydrogen-bond donors (Lipinski definition) is 2. The van der Waals surface area contributed by atoms with Crippen molar-refractivity contribution in [2.24, 2.45) is 0 Å². The van der Waals surface area contributed by atoms with Crippen molar-refractivity contribution < 1.29 is 19.1 Å². The second kappa shape index (κ2) is 9.86. The van der Waals surface area contributed by atoms with Crippen LogP contribution in [0.4, 0.5) is 11.4 Å². The van der Waals surface area contributed by atoms with Crippen LogP contribution in [0.5, 0.6) is 0 Å². The molecule has 0 saturated carbocycles. The number of nitrogens with zero attached hydrogens (tertiary/aromatic N) is 3. The molecule has 2 amide bonds. The first-order valence-corrected chi connectivity index (χ1v) is 10.1. The zero-order valence-electron chi connectivity index (χ0n) is 18.4. The quantitative estimate of drug-likeness (QED) is 0.551. The minimum atomic E-state index is -0.463. The standard InChI is InChI=1S/C23H25N5O4/c1-5-32-23(31)17-9-7-10-18(12-17)24-20(29)13-28-16(4)21(26-27-28)22(30)25-19-11-6-8-14(2)15(19)3/h6-12H,5,13H2,1-4H3,(H,24,29)(H,25,30). The molecule has 166 valence electrons. The number of carbonyl (C=O) groups excluding carboxylic acids is 3. The third-order valence-corrected chi connectivity index (χ3v) is 5.00. The molecule has 0 aliphatic heterocycles. The van der Waals surface area contributed by atoms with Crippen molar-refractivity contribution in [3.8, 4) is 0 Å². The van der Waals surface area contributed by atoms with Crippen LogP contribution in [0.25, 0.3) is 0 Å². The van der Waals surface area contributed by atoms with E-state index in [-0.39, 0.29) is 24.8 Å². The Kier molecular flexibility index (Phi) is 6.99. The van der Waals surface area contributed by atoms with E-state index in [1.165, 1.54) is 10.7 Å². The summed E-state index contributed by atoms with van der Waals surface area (Å²) in [5.74, 6) is -1.24. The van der Waals surface area contributed by atoms with E-state index in [1.807, 2.05) is 32.0 Å². The summed E-state index contributed by atoms with van der Waals surface area (Å²) in [6.07, 6.45) is 0. The molecule has 0 atom stereocenters. The van der Waals surface area contributed by atoms with Gasteiger partial charge in [0.15, 0.2) is 5.69 Å². The van der Waals surface area contributed by atoms with Gasteiger partial charge in [-0.1, -0.05) is 23.4 Å². The molecule has 0 unspecified atom stereocenters. The van der Waals surface area contributed by atoms with Crippen LogP contribution in [0.3, 0.4) is 0 Å². The summed E-state index contributed by atoms with van der Waals surface area (Å²) in [7, 11) is 0. The number of rotatable bonds is 7. The van der Waals surface area contributed by atoms with Crippen LogP contribution < -0.4 is 10.6 Å². The number of nitrogens with one attached hydrogen (secondary N) is 2. The Hall–Kier alpha value is -4.01. The molecule has 1 aromatic heterocycles. The fourth-order valence-corrected chi connectivity index (χ4v) is 3.06. The van der Waals surface area contributed by atoms with Crippen LogP contribution in [0.2, 0.25) is 0 Å². The first-order chi connectivity index (χ1) is 15.3. The van der Waals surface area contributed by atoms with Crippen molar-refractivity contribution in [2.45, 2.75) is 34.2 Å². The van der Waals surface area contributed by atoms with Gasteiger partial charge in [0.1, 0.15) is 6.54 Å². The molecule has 2 aromatic carbocycles. The highest BCUT2D eigenvalue weighted by Crippen LogP contribution is 2.19. The maximum absolute atomic E-state index is 12.7. The molecule has 3 rings (SSSR count). The highest BCUT2D eigenvalue weighted by Gasteiger charge is 2.19. The smallest absolute Gasteiger partial charge is 0.338 e. The molecule has 0 bridgehead atoms. The molecule has 0 spiro atoms. The molecular formula is C23H25N5O4. The second-order valence-electron chi connectivity index (χ2n) is 7.23. The number of hydrogen-bond acceptors (Lipinski definition) is 6. The summed E-state index contributed by atoms with van der Waals surface area (Å²) in [6.45, 7) is 7.41. The van der Waals surface area contributed by atoms with Gasteiger partial charge in [-0.25, -0.2) is 9.48 Å². The van der Waals surface area contributed by atoms with Gasteiger partial charge >= 0.3 is 5.97 Å². The summed E-state index contributed by atoms with van der Waals surface area (Å²) in [5, 5.41) is 13.4. The number of amides is 2. The van der Waals surface area contributed by atoms with Gasteiger partial charge in [0.05, 0.1) is 17.9 Å². The lowest BCUT2D eigenvalue weighted by molar-refractivity contribution is -0.117. The summed E-state index contributed by atoms with van der Waals surface area (Å²) in [4.78, 5) is 37.0. The van der Waals surface area contributed by atoms with E-state index in [0.29, 0.717) is 22.6 Å². The van der Waals surface area contributed by atoms with E-state index >= 15 is 0 Å². The van der Waals surface area contributed by atoms with Crippen molar-refractivity contribution in [1.29, 1.82) is 0 Å². The SMILES string of the molecule is CCOC(=O)c1cccc(NC(=O)Cn2nnc(C(=O)Nc3cccc(C)c3C)c2C)c1. The lowest BCUT2D eigenvalue weighted by Crippen LogP contribution is -2.21. The van der Waals surface area contributed by atoms with Gasteiger partial charge < -0.3 is 15.4 Å². The van der Waals surface area contributed by atoms with Crippen LogP contribution in [0, 0.1) is 20.8 Å². The fraction of sp³-hybridized carbons (Fsp3) is 0.261. The second-order valence-corrected chi connectivity index (χ2v) is 7.23. The van der Waals surface area contributed by atoms with Gasteiger partial charge in [0.25, 0.3) is 5.91 Å². The zero-order chi connectivity index (χ0) is 23.3. The van der Waals surface area contributed by atoms with E-state index in [0.717, 1.165) is 11.1 Å².